The monoisotopic (exact) mass is 531 g/mol. The molecule has 37 heavy (non-hydrogen) atoms. The minimum absolute atomic E-state index is 0.155. The summed E-state index contributed by atoms with van der Waals surface area (Å²) in [5, 5.41) is 17.7. The van der Waals surface area contributed by atoms with Gasteiger partial charge < -0.3 is 15.3 Å². The summed E-state index contributed by atoms with van der Waals surface area (Å²) in [6.07, 6.45) is 1.09. The third-order valence-corrected chi connectivity index (χ3v) is 8.04. The van der Waals surface area contributed by atoms with Crippen molar-refractivity contribution in [1.82, 2.24) is 10.2 Å². The topological polar surface area (TPSA) is 103 Å². The fourth-order valence-electron chi connectivity index (χ4n) is 4.27. The summed E-state index contributed by atoms with van der Waals surface area (Å²) >= 11 is 2.96. The molecule has 0 radical (unpaired) electrons. The second kappa shape index (κ2) is 10.9. The number of fused-ring (bicyclic) bond motifs is 1. The molecule has 2 aliphatic rings. The molecule has 3 atom stereocenters. The molecule has 1 fully saturated rings. The van der Waals surface area contributed by atoms with Gasteiger partial charge in [0, 0.05) is 15.6 Å². The Labute approximate surface area is 221 Å². The van der Waals surface area contributed by atoms with E-state index in [1.807, 2.05) is 47.8 Å². The van der Waals surface area contributed by atoms with Gasteiger partial charge in [-0.05, 0) is 40.8 Å². The highest BCUT2D eigenvalue weighted by Crippen LogP contribution is 2.39. The van der Waals surface area contributed by atoms with Crippen LogP contribution in [0, 0.1) is 11.3 Å². The highest BCUT2D eigenvalue weighted by molar-refractivity contribution is 8.00. The summed E-state index contributed by atoms with van der Waals surface area (Å²) < 4.78 is 5.95. The van der Waals surface area contributed by atoms with Crippen LogP contribution < -0.4 is 5.32 Å². The smallest absolute Gasteiger partial charge is 0.355 e. The van der Waals surface area contributed by atoms with E-state index < -0.39 is 18.1 Å². The lowest BCUT2D eigenvalue weighted by molar-refractivity contribution is -0.154. The van der Waals surface area contributed by atoms with Crippen molar-refractivity contribution in [3.05, 3.63) is 116 Å². The van der Waals surface area contributed by atoms with E-state index in [1.54, 1.807) is 30.3 Å². The van der Waals surface area contributed by atoms with Gasteiger partial charge in [0.05, 0.1) is 6.42 Å². The second-order valence-corrected chi connectivity index (χ2v) is 10.5. The molecule has 186 valence electrons. The van der Waals surface area contributed by atoms with E-state index in [0.717, 1.165) is 10.4 Å². The average molecular weight is 532 g/mol. The molecule has 8 nitrogen and oxygen atoms in total. The SMILES string of the molecule is O=C(Cc1cccs1)N[C@@H]1C(=O)N2C(C(=O)OC(c3ccccc3)c3cccc(C#[N+][O-])c3)=CCS[C@@H]12. The van der Waals surface area contributed by atoms with E-state index in [0.29, 0.717) is 16.9 Å². The Balaban J connectivity index is 1.32. The van der Waals surface area contributed by atoms with Gasteiger partial charge in [-0.15, -0.1) is 23.1 Å². The summed E-state index contributed by atoms with van der Waals surface area (Å²) in [7, 11) is 0. The van der Waals surface area contributed by atoms with Gasteiger partial charge in [-0.3, -0.25) is 14.5 Å². The standard InChI is InChI=1S/C27H21N3O5S2/c31-22(15-20-10-5-12-36-20)29-23-25(32)30-21(11-13-37-26(23)30)27(33)35-24(18-7-2-1-3-8-18)19-9-4-6-17(14-19)16-28-34/h1-12,14,23-24,26H,13,15H2,(H,29,31)/t23-,24?,26+/m1/s1. The van der Waals surface area contributed by atoms with Crippen molar-refractivity contribution >= 4 is 40.9 Å². The maximum Gasteiger partial charge on any atom is 0.355 e. The lowest BCUT2D eigenvalue weighted by atomic mass is 9.99. The van der Waals surface area contributed by atoms with Gasteiger partial charge >= 0.3 is 12.0 Å². The number of ether oxygens (including phenoxy) is 1. The second-order valence-electron chi connectivity index (χ2n) is 8.35. The molecule has 0 bridgehead atoms. The highest BCUT2D eigenvalue weighted by Gasteiger charge is 2.53. The Hall–Kier alpha value is -4.07. The molecule has 2 aliphatic heterocycles. The number of nitrogens with one attached hydrogen (secondary N) is 1. The molecule has 0 spiro atoms. The Kier molecular flexibility index (Phi) is 7.25. The first-order chi connectivity index (χ1) is 18.0. The van der Waals surface area contributed by atoms with E-state index in [9.17, 15) is 19.6 Å². The molecule has 1 unspecified atom stereocenters. The lowest BCUT2D eigenvalue weighted by Gasteiger charge is -2.48. The Morgan fingerprint density at radius 1 is 1.14 bits per heavy atom. The minimum atomic E-state index is -0.784. The number of carbonyl (C=O) groups is 3. The number of esters is 1. The van der Waals surface area contributed by atoms with Crippen molar-refractivity contribution in [3.63, 3.8) is 0 Å². The van der Waals surface area contributed by atoms with E-state index in [1.165, 1.54) is 28.0 Å². The van der Waals surface area contributed by atoms with Gasteiger partial charge in [-0.1, -0.05) is 48.5 Å². The van der Waals surface area contributed by atoms with Crippen LogP contribution in [0.5, 0.6) is 0 Å². The zero-order chi connectivity index (χ0) is 25.8. The zero-order valence-electron chi connectivity index (χ0n) is 19.4. The third kappa shape index (κ3) is 5.23. The molecule has 0 saturated carbocycles. The van der Waals surface area contributed by atoms with Crippen molar-refractivity contribution in [1.29, 1.82) is 0 Å². The number of hydrogen-bond donors (Lipinski definition) is 1. The van der Waals surface area contributed by atoms with Crippen LogP contribution in [0.2, 0.25) is 0 Å². The first-order valence-corrected chi connectivity index (χ1v) is 13.4. The molecule has 1 aromatic heterocycles. The summed E-state index contributed by atoms with van der Waals surface area (Å²) in [5.74, 6) is -0.735. The molecule has 10 heteroatoms. The number of nitrogens with zero attached hydrogens (tertiary/aromatic N) is 2. The van der Waals surface area contributed by atoms with Crippen LogP contribution in [0.1, 0.15) is 27.7 Å². The Morgan fingerprint density at radius 3 is 2.70 bits per heavy atom. The number of β-lactam (4-membered cyclic amide) rings is 1. The molecule has 3 aromatic rings. The number of amides is 2. The summed E-state index contributed by atoms with van der Waals surface area (Å²) in [6.45, 7) is 0. The number of rotatable bonds is 7. The van der Waals surface area contributed by atoms with Gasteiger partial charge in [0.25, 0.3) is 5.91 Å². The number of thioether (sulfide) groups is 1. The van der Waals surface area contributed by atoms with Crippen LogP contribution in [-0.4, -0.2) is 39.9 Å². The van der Waals surface area contributed by atoms with Crippen molar-refractivity contribution in [2.24, 2.45) is 0 Å². The van der Waals surface area contributed by atoms with Crippen molar-refractivity contribution in [2.75, 3.05) is 5.75 Å². The van der Waals surface area contributed by atoms with Crippen molar-refractivity contribution < 1.29 is 19.1 Å². The fourth-order valence-corrected chi connectivity index (χ4v) is 6.17. The largest absolute Gasteiger partial charge is 0.498 e. The molecule has 0 aliphatic carbocycles. The number of carbonyl (C=O) groups excluding carboxylic acids is 3. The van der Waals surface area contributed by atoms with E-state index in [4.69, 9.17) is 4.74 Å². The van der Waals surface area contributed by atoms with Gasteiger partial charge in [0.15, 0.2) is 6.10 Å². The molecule has 5 rings (SSSR count). The van der Waals surface area contributed by atoms with Crippen molar-refractivity contribution in [3.8, 4) is 6.07 Å². The van der Waals surface area contributed by atoms with Gasteiger partial charge in [-0.2, -0.15) is 0 Å². The van der Waals surface area contributed by atoms with Crippen LogP contribution >= 0.6 is 23.1 Å². The van der Waals surface area contributed by atoms with Crippen molar-refractivity contribution in [2.45, 2.75) is 23.9 Å². The summed E-state index contributed by atoms with van der Waals surface area (Å²) in [4.78, 5) is 41.1. The molecule has 1 N–H and O–H groups in total. The quantitative estimate of drug-likeness (QED) is 0.280. The molecule has 3 heterocycles. The maximum atomic E-state index is 13.4. The van der Waals surface area contributed by atoms with Crippen LogP contribution in [0.4, 0.5) is 0 Å². The van der Waals surface area contributed by atoms with E-state index in [2.05, 4.69) is 16.4 Å². The van der Waals surface area contributed by atoms with Gasteiger partial charge in [0.2, 0.25) is 5.91 Å². The highest BCUT2D eigenvalue weighted by atomic mass is 32.2. The number of hydrogen-bond acceptors (Lipinski definition) is 7. The zero-order valence-corrected chi connectivity index (χ0v) is 21.0. The first kappa shape index (κ1) is 24.6. The summed E-state index contributed by atoms with van der Waals surface area (Å²) in [6, 6.07) is 21.4. The Bertz CT molecular complexity index is 1410. The Morgan fingerprint density at radius 2 is 1.95 bits per heavy atom. The van der Waals surface area contributed by atoms with Crippen LogP contribution in [0.15, 0.2) is 83.9 Å². The molecule has 2 amide bonds. The van der Waals surface area contributed by atoms with Crippen LogP contribution in [0.25, 0.3) is 5.01 Å². The molecule has 2 aromatic carbocycles. The third-order valence-electron chi connectivity index (χ3n) is 5.98. The predicted octanol–water partition coefficient (Wildman–Crippen LogP) is 4.09. The van der Waals surface area contributed by atoms with Gasteiger partial charge in [0.1, 0.15) is 22.7 Å². The van der Waals surface area contributed by atoms with Crippen LogP contribution in [-0.2, 0) is 25.5 Å². The fraction of sp³-hybridized carbons (Fsp3) is 0.185. The number of thiophene rings is 1. The van der Waals surface area contributed by atoms with E-state index in [-0.39, 0.29) is 29.3 Å². The molecule has 1 saturated heterocycles. The molecular formula is C27H21N3O5S2. The van der Waals surface area contributed by atoms with Crippen LogP contribution in [0.3, 0.4) is 0 Å². The number of benzene rings is 2. The predicted molar refractivity (Wildman–Crippen MR) is 142 cm³/mol. The molecular weight excluding hydrogens is 510 g/mol. The minimum Gasteiger partial charge on any atom is -0.498 e. The maximum absolute atomic E-state index is 13.4. The summed E-state index contributed by atoms with van der Waals surface area (Å²) in [5.41, 5.74) is 1.96. The first-order valence-electron chi connectivity index (χ1n) is 11.5. The average Bonchev–Trinajstić information content (AvgIpc) is 3.43. The lowest BCUT2D eigenvalue weighted by Crippen LogP contribution is -2.70. The van der Waals surface area contributed by atoms with E-state index >= 15 is 0 Å². The van der Waals surface area contributed by atoms with Gasteiger partial charge in [-0.25, -0.2) is 4.79 Å². The normalized spacial score (nSPS) is 18.9.